The molecule has 3 heterocycles. The van der Waals surface area contributed by atoms with Crippen LogP contribution in [0.15, 0.2) is 52.5 Å². The zero-order valence-electron chi connectivity index (χ0n) is 14.0. The lowest BCUT2D eigenvalue weighted by Gasteiger charge is -2.18. The Hall–Kier alpha value is -2.77. The van der Waals surface area contributed by atoms with Crippen LogP contribution >= 0.6 is 22.7 Å². The van der Waals surface area contributed by atoms with E-state index in [2.05, 4.69) is 17.5 Å². The molecule has 0 radical (unpaired) electrons. The zero-order chi connectivity index (χ0) is 18.1. The number of carbonyl (C=O) groups is 1. The van der Waals surface area contributed by atoms with Crippen molar-refractivity contribution in [2.75, 3.05) is 18.5 Å². The molecule has 0 fully saturated rings. The average Bonchev–Trinajstić information content (AvgIpc) is 3.31. The molecule has 5 nitrogen and oxygen atoms in total. The third-order valence-corrected chi connectivity index (χ3v) is 5.59. The summed E-state index contributed by atoms with van der Waals surface area (Å²) in [6, 6.07) is 12.1. The average molecular weight is 380 g/mol. The largest absolute Gasteiger partial charge is 0.368 e. The minimum atomic E-state index is -0.396. The number of nitrogens with zero attached hydrogens (tertiary/aromatic N) is 3. The van der Waals surface area contributed by atoms with Crippen LogP contribution in [0.1, 0.15) is 0 Å². The molecule has 0 aliphatic carbocycles. The van der Waals surface area contributed by atoms with E-state index in [9.17, 15) is 4.79 Å². The summed E-state index contributed by atoms with van der Waals surface area (Å²) in [5.41, 5.74) is 8.54. The Bertz CT molecular complexity index is 1060. The van der Waals surface area contributed by atoms with Crippen molar-refractivity contribution in [1.82, 2.24) is 9.97 Å². The van der Waals surface area contributed by atoms with E-state index in [0.717, 1.165) is 32.7 Å². The second-order valence-electron chi connectivity index (χ2n) is 5.90. The van der Waals surface area contributed by atoms with Crippen LogP contribution in [0.3, 0.4) is 0 Å². The van der Waals surface area contributed by atoms with Gasteiger partial charge in [0, 0.05) is 28.9 Å². The topological polar surface area (TPSA) is 72.1 Å². The maximum atomic E-state index is 11.5. The highest BCUT2D eigenvalue weighted by atomic mass is 32.1. The smallest absolute Gasteiger partial charge is 0.236 e. The number of amides is 1. The van der Waals surface area contributed by atoms with Gasteiger partial charge in [0.15, 0.2) is 5.82 Å². The number of fused-ring (bicyclic) bond motifs is 1. The van der Waals surface area contributed by atoms with E-state index in [0.29, 0.717) is 5.82 Å². The molecule has 130 valence electrons. The van der Waals surface area contributed by atoms with Gasteiger partial charge >= 0.3 is 0 Å². The number of carbonyl (C=O) groups excluding carboxylic acids is 1. The zero-order valence-corrected chi connectivity index (χ0v) is 15.7. The lowest BCUT2D eigenvalue weighted by molar-refractivity contribution is -0.116. The van der Waals surface area contributed by atoms with Gasteiger partial charge in [0.1, 0.15) is 10.6 Å². The molecule has 1 amide bonds. The first-order chi connectivity index (χ1) is 12.6. The number of likely N-dealkylation sites (N-methyl/N-ethyl adjacent to an activating group) is 1. The molecule has 0 saturated heterocycles. The maximum Gasteiger partial charge on any atom is 0.236 e. The molecule has 3 aromatic heterocycles. The summed E-state index contributed by atoms with van der Waals surface area (Å²) in [5, 5.41) is 7.06. The van der Waals surface area contributed by atoms with E-state index in [1.807, 2.05) is 42.1 Å². The van der Waals surface area contributed by atoms with Gasteiger partial charge in [-0.2, -0.15) is 11.3 Å². The predicted molar refractivity (Wildman–Crippen MR) is 109 cm³/mol. The number of thiophene rings is 2. The van der Waals surface area contributed by atoms with Gasteiger partial charge in [-0.25, -0.2) is 9.97 Å². The fourth-order valence-electron chi connectivity index (χ4n) is 2.86. The van der Waals surface area contributed by atoms with Gasteiger partial charge < -0.3 is 10.6 Å². The van der Waals surface area contributed by atoms with Crippen LogP contribution in [0, 0.1) is 0 Å². The quantitative estimate of drug-likeness (QED) is 0.568. The summed E-state index contributed by atoms with van der Waals surface area (Å²) in [6.07, 6.45) is 0. The van der Waals surface area contributed by atoms with Crippen LogP contribution in [-0.2, 0) is 4.79 Å². The van der Waals surface area contributed by atoms with E-state index in [4.69, 9.17) is 15.7 Å². The van der Waals surface area contributed by atoms with Gasteiger partial charge in [0.2, 0.25) is 5.91 Å². The summed E-state index contributed by atoms with van der Waals surface area (Å²) in [4.78, 5) is 23.7. The molecule has 0 saturated carbocycles. The van der Waals surface area contributed by atoms with Crippen molar-refractivity contribution >= 4 is 44.6 Å². The summed E-state index contributed by atoms with van der Waals surface area (Å²) in [7, 11) is 1.83. The first-order valence-corrected chi connectivity index (χ1v) is 9.82. The van der Waals surface area contributed by atoms with Crippen LogP contribution in [0.5, 0.6) is 0 Å². The van der Waals surface area contributed by atoms with E-state index < -0.39 is 5.91 Å². The third kappa shape index (κ3) is 3.07. The molecule has 0 bridgehead atoms. The summed E-state index contributed by atoms with van der Waals surface area (Å²) in [6.45, 7) is 0.0965. The van der Waals surface area contributed by atoms with E-state index >= 15 is 0 Å². The predicted octanol–water partition coefficient (Wildman–Crippen LogP) is 4.01. The molecular formula is C19H16N4OS2. The summed E-state index contributed by atoms with van der Waals surface area (Å²) < 4.78 is 0. The molecular weight excluding hydrogens is 364 g/mol. The Morgan fingerprint density at radius 2 is 1.92 bits per heavy atom. The normalized spacial score (nSPS) is 11.0. The minimum Gasteiger partial charge on any atom is -0.368 e. The number of hydrogen-bond acceptors (Lipinski definition) is 6. The standard InChI is InChI=1S/C19H16N4OS2/c1-23(9-15(20)24)18-16-14(12-5-3-2-4-6-12)11-26-19(16)22-17(21-18)13-7-8-25-10-13/h2-8,10-11H,9H2,1H3,(H2,20,24). The molecule has 7 heteroatoms. The van der Waals surface area contributed by atoms with E-state index in [1.165, 1.54) is 0 Å². The molecule has 4 aromatic rings. The fraction of sp³-hybridized carbons (Fsp3) is 0.105. The van der Waals surface area contributed by atoms with Gasteiger partial charge in [0.05, 0.1) is 11.9 Å². The molecule has 0 unspecified atom stereocenters. The lowest BCUT2D eigenvalue weighted by Crippen LogP contribution is -2.31. The highest BCUT2D eigenvalue weighted by Gasteiger charge is 2.19. The van der Waals surface area contributed by atoms with Crippen molar-refractivity contribution < 1.29 is 4.79 Å². The van der Waals surface area contributed by atoms with E-state index in [1.54, 1.807) is 27.6 Å². The Morgan fingerprint density at radius 1 is 1.12 bits per heavy atom. The molecule has 1 aromatic carbocycles. The Labute approximate surface area is 158 Å². The van der Waals surface area contributed by atoms with Gasteiger partial charge in [0.25, 0.3) is 0 Å². The number of rotatable bonds is 5. The van der Waals surface area contributed by atoms with Crippen molar-refractivity contribution in [1.29, 1.82) is 0 Å². The monoisotopic (exact) mass is 380 g/mol. The summed E-state index contributed by atoms with van der Waals surface area (Å²) >= 11 is 3.18. The van der Waals surface area contributed by atoms with Crippen molar-refractivity contribution in [2.24, 2.45) is 5.73 Å². The number of benzene rings is 1. The SMILES string of the molecule is CN(CC(N)=O)c1nc(-c2ccsc2)nc2scc(-c3ccccc3)c12. The second-order valence-corrected chi connectivity index (χ2v) is 7.54. The van der Waals surface area contributed by atoms with Crippen LogP contribution in [-0.4, -0.2) is 29.5 Å². The van der Waals surface area contributed by atoms with Crippen LogP contribution < -0.4 is 10.6 Å². The fourth-order valence-corrected chi connectivity index (χ4v) is 4.44. The summed E-state index contributed by atoms with van der Waals surface area (Å²) in [5.74, 6) is 0.981. The van der Waals surface area contributed by atoms with E-state index in [-0.39, 0.29) is 6.54 Å². The molecule has 2 N–H and O–H groups in total. The highest BCUT2D eigenvalue weighted by molar-refractivity contribution is 7.17. The third-order valence-electron chi connectivity index (χ3n) is 4.03. The number of anilines is 1. The van der Waals surface area contributed by atoms with Crippen LogP contribution in [0.2, 0.25) is 0 Å². The Balaban J connectivity index is 1.95. The number of primary amides is 1. The first-order valence-electron chi connectivity index (χ1n) is 8.00. The molecule has 4 rings (SSSR count). The van der Waals surface area contributed by atoms with Gasteiger partial charge in [-0.1, -0.05) is 30.3 Å². The first kappa shape index (κ1) is 16.7. The molecule has 0 atom stereocenters. The highest BCUT2D eigenvalue weighted by Crippen LogP contribution is 2.39. The molecule has 0 spiro atoms. The molecule has 0 aliphatic heterocycles. The van der Waals surface area contributed by atoms with Gasteiger partial charge in [-0.3, -0.25) is 4.79 Å². The number of aromatic nitrogens is 2. The molecule has 0 aliphatic rings. The number of hydrogen-bond donors (Lipinski definition) is 1. The lowest BCUT2D eigenvalue weighted by atomic mass is 10.1. The van der Waals surface area contributed by atoms with Crippen molar-refractivity contribution in [3.63, 3.8) is 0 Å². The van der Waals surface area contributed by atoms with Crippen molar-refractivity contribution in [2.45, 2.75) is 0 Å². The maximum absolute atomic E-state index is 11.5. The number of nitrogens with two attached hydrogens (primary N) is 1. The van der Waals surface area contributed by atoms with Crippen LogP contribution in [0.25, 0.3) is 32.7 Å². The van der Waals surface area contributed by atoms with Crippen LogP contribution in [0.4, 0.5) is 5.82 Å². The van der Waals surface area contributed by atoms with Crippen molar-refractivity contribution in [3.05, 3.63) is 52.5 Å². The minimum absolute atomic E-state index is 0.0965. The van der Waals surface area contributed by atoms with Gasteiger partial charge in [-0.05, 0) is 17.0 Å². The van der Waals surface area contributed by atoms with Gasteiger partial charge in [-0.15, -0.1) is 11.3 Å². The van der Waals surface area contributed by atoms with Crippen molar-refractivity contribution in [3.8, 4) is 22.5 Å². The molecule has 26 heavy (non-hydrogen) atoms. The Morgan fingerprint density at radius 3 is 2.62 bits per heavy atom. The second kappa shape index (κ2) is 6.86. The Kier molecular flexibility index (Phi) is 4.40.